The molecule has 0 spiro atoms. The number of hydrogen-bond acceptors (Lipinski definition) is 4. The minimum Gasteiger partial charge on any atom is -0.493 e. The topological polar surface area (TPSA) is 44.8 Å². The lowest BCUT2D eigenvalue weighted by molar-refractivity contribution is -0.132. The Morgan fingerprint density at radius 3 is 2.10 bits per heavy atom. The van der Waals surface area contributed by atoms with E-state index in [2.05, 4.69) is 0 Å². The summed E-state index contributed by atoms with van der Waals surface area (Å²) in [6.07, 6.45) is 1.86. The Kier molecular flexibility index (Phi) is 3.85. The second-order valence-corrected chi connectivity index (χ2v) is 6.12. The minimum atomic E-state index is -0.786. The number of carbonyl (C=O) groups excluding carboxylic acids is 1. The maximum atomic E-state index is 12.5. The van der Waals surface area contributed by atoms with E-state index in [4.69, 9.17) is 14.2 Å². The SMILES string of the molecule is COc1ccc(C=C2C(=O)C(C)(C)OC2(C)C)cc1OC. The highest BCUT2D eigenvalue weighted by molar-refractivity contribution is 6.08. The predicted octanol–water partition coefficient (Wildman–Crippen LogP) is 3.24. The molecule has 0 atom stereocenters. The van der Waals surface area contributed by atoms with Gasteiger partial charge in [0.05, 0.1) is 19.8 Å². The van der Waals surface area contributed by atoms with Crippen LogP contribution >= 0.6 is 0 Å². The zero-order valence-corrected chi connectivity index (χ0v) is 13.4. The van der Waals surface area contributed by atoms with Gasteiger partial charge in [-0.15, -0.1) is 0 Å². The smallest absolute Gasteiger partial charge is 0.192 e. The Bertz CT molecular complexity index is 597. The molecule has 4 nitrogen and oxygen atoms in total. The van der Waals surface area contributed by atoms with Crippen molar-refractivity contribution in [3.63, 3.8) is 0 Å². The van der Waals surface area contributed by atoms with Crippen LogP contribution in [0.1, 0.15) is 33.3 Å². The number of rotatable bonds is 3. The van der Waals surface area contributed by atoms with Crippen molar-refractivity contribution in [1.82, 2.24) is 0 Å². The van der Waals surface area contributed by atoms with Crippen LogP contribution in [0.5, 0.6) is 11.5 Å². The third-order valence-electron chi connectivity index (χ3n) is 3.67. The van der Waals surface area contributed by atoms with Gasteiger partial charge in [0.15, 0.2) is 17.3 Å². The summed E-state index contributed by atoms with van der Waals surface area (Å²) in [5.74, 6) is 1.31. The monoisotopic (exact) mass is 290 g/mol. The van der Waals surface area contributed by atoms with Crippen LogP contribution < -0.4 is 9.47 Å². The van der Waals surface area contributed by atoms with Crippen molar-refractivity contribution in [3.05, 3.63) is 29.3 Å². The van der Waals surface area contributed by atoms with E-state index < -0.39 is 11.2 Å². The molecule has 0 unspecified atom stereocenters. The molecule has 0 bridgehead atoms. The number of ketones is 1. The van der Waals surface area contributed by atoms with Crippen molar-refractivity contribution in [1.29, 1.82) is 0 Å². The fraction of sp³-hybridized carbons (Fsp3) is 0.471. The second-order valence-electron chi connectivity index (χ2n) is 6.12. The van der Waals surface area contributed by atoms with Crippen LogP contribution in [0.4, 0.5) is 0 Å². The first-order valence-corrected chi connectivity index (χ1v) is 6.90. The molecule has 0 N–H and O–H groups in total. The van der Waals surface area contributed by atoms with Crippen molar-refractivity contribution in [2.75, 3.05) is 14.2 Å². The first-order valence-electron chi connectivity index (χ1n) is 6.90. The molecule has 114 valence electrons. The molecule has 0 radical (unpaired) electrons. The Balaban J connectivity index is 2.46. The summed E-state index contributed by atoms with van der Waals surface area (Å²) in [5, 5.41) is 0. The van der Waals surface area contributed by atoms with Crippen LogP contribution in [0.2, 0.25) is 0 Å². The van der Waals surface area contributed by atoms with Gasteiger partial charge in [0, 0.05) is 5.57 Å². The predicted molar refractivity (Wildman–Crippen MR) is 81.8 cm³/mol. The van der Waals surface area contributed by atoms with Gasteiger partial charge < -0.3 is 14.2 Å². The number of ether oxygens (including phenoxy) is 3. The molecule has 2 rings (SSSR count). The van der Waals surface area contributed by atoms with E-state index >= 15 is 0 Å². The third kappa shape index (κ3) is 2.81. The molecule has 1 aromatic rings. The maximum Gasteiger partial charge on any atom is 0.192 e. The van der Waals surface area contributed by atoms with Gasteiger partial charge in [0.25, 0.3) is 0 Å². The molecule has 1 fully saturated rings. The van der Waals surface area contributed by atoms with Crippen LogP contribution in [0.25, 0.3) is 6.08 Å². The van der Waals surface area contributed by atoms with E-state index in [0.717, 1.165) is 5.56 Å². The molecule has 0 amide bonds. The van der Waals surface area contributed by atoms with Crippen molar-refractivity contribution in [2.24, 2.45) is 0 Å². The van der Waals surface area contributed by atoms with Crippen molar-refractivity contribution in [2.45, 2.75) is 38.9 Å². The van der Waals surface area contributed by atoms with Crippen LogP contribution in [0.3, 0.4) is 0 Å². The van der Waals surface area contributed by atoms with Gasteiger partial charge in [-0.3, -0.25) is 4.79 Å². The minimum absolute atomic E-state index is 0.0160. The molecular weight excluding hydrogens is 268 g/mol. The number of Topliss-reactive ketones (excluding diaryl/α,β-unsaturated/α-hetero) is 1. The maximum absolute atomic E-state index is 12.5. The molecule has 1 aliphatic rings. The summed E-state index contributed by atoms with van der Waals surface area (Å²) in [4.78, 5) is 12.5. The first-order chi connectivity index (χ1) is 9.71. The molecule has 4 heteroatoms. The molecule has 1 aliphatic heterocycles. The average Bonchev–Trinajstić information content (AvgIpc) is 2.56. The lowest BCUT2D eigenvalue weighted by atomic mass is 9.91. The summed E-state index contributed by atoms with van der Waals surface area (Å²) in [6, 6.07) is 5.56. The molecule has 1 saturated heterocycles. The number of carbonyl (C=O) groups is 1. The highest BCUT2D eigenvalue weighted by Crippen LogP contribution is 2.40. The van der Waals surface area contributed by atoms with Gasteiger partial charge in [0.1, 0.15) is 5.60 Å². The van der Waals surface area contributed by atoms with E-state index in [9.17, 15) is 4.79 Å². The summed E-state index contributed by atoms with van der Waals surface area (Å²) in [6.45, 7) is 7.41. The highest BCUT2D eigenvalue weighted by atomic mass is 16.5. The number of hydrogen-bond donors (Lipinski definition) is 0. The van der Waals surface area contributed by atoms with Crippen LogP contribution in [0, 0.1) is 0 Å². The Labute approximate surface area is 125 Å². The lowest BCUT2D eigenvalue weighted by Crippen LogP contribution is -2.29. The van der Waals surface area contributed by atoms with E-state index in [0.29, 0.717) is 17.1 Å². The van der Waals surface area contributed by atoms with Crippen molar-refractivity contribution in [3.8, 4) is 11.5 Å². The normalized spacial score (nSPS) is 21.6. The molecule has 1 aromatic carbocycles. The summed E-state index contributed by atoms with van der Waals surface area (Å²) >= 11 is 0. The van der Waals surface area contributed by atoms with E-state index in [1.54, 1.807) is 28.1 Å². The average molecular weight is 290 g/mol. The molecule has 0 aromatic heterocycles. The van der Waals surface area contributed by atoms with Gasteiger partial charge in [-0.05, 0) is 51.5 Å². The zero-order chi connectivity index (χ0) is 15.8. The molecule has 1 heterocycles. The van der Waals surface area contributed by atoms with E-state index in [-0.39, 0.29) is 5.78 Å². The summed E-state index contributed by atoms with van der Waals surface area (Å²) in [7, 11) is 3.18. The summed E-state index contributed by atoms with van der Waals surface area (Å²) < 4.78 is 16.4. The highest BCUT2D eigenvalue weighted by Gasteiger charge is 2.49. The van der Waals surface area contributed by atoms with Crippen molar-refractivity contribution >= 4 is 11.9 Å². The Morgan fingerprint density at radius 2 is 1.62 bits per heavy atom. The standard InChI is InChI=1S/C17H22O4/c1-16(2)12(15(18)17(3,4)21-16)9-11-7-8-13(19-5)14(10-11)20-6/h7-10H,1-6H3. The van der Waals surface area contributed by atoms with Crippen LogP contribution in [0.15, 0.2) is 23.8 Å². The van der Waals surface area contributed by atoms with Crippen LogP contribution in [-0.2, 0) is 9.53 Å². The third-order valence-corrected chi connectivity index (χ3v) is 3.67. The Hall–Kier alpha value is -1.81. The Morgan fingerprint density at radius 1 is 1.00 bits per heavy atom. The van der Waals surface area contributed by atoms with Gasteiger partial charge in [0.2, 0.25) is 0 Å². The van der Waals surface area contributed by atoms with Crippen LogP contribution in [-0.4, -0.2) is 31.2 Å². The zero-order valence-electron chi connectivity index (χ0n) is 13.4. The molecule has 21 heavy (non-hydrogen) atoms. The van der Waals surface area contributed by atoms with E-state index in [1.165, 1.54) is 0 Å². The fourth-order valence-corrected chi connectivity index (χ4v) is 2.69. The van der Waals surface area contributed by atoms with Gasteiger partial charge >= 0.3 is 0 Å². The molecular formula is C17H22O4. The largest absolute Gasteiger partial charge is 0.493 e. The quantitative estimate of drug-likeness (QED) is 0.802. The van der Waals surface area contributed by atoms with Gasteiger partial charge in [-0.2, -0.15) is 0 Å². The number of methoxy groups -OCH3 is 2. The van der Waals surface area contributed by atoms with Gasteiger partial charge in [-0.1, -0.05) is 6.07 Å². The first kappa shape index (κ1) is 15.6. The van der Waals surface area contributed by atoms with E-state index in [1.807, 2.05) is 38.1 Å². The lowest BCUT2D eigenvalue weighted by Gasteiger charge is -2.22. The van der Waals surface area contributed by atoms with Gasteiger partial charge in [-0.25, -0.2) is 0 Å². The number of benzene rings is 1. The summed E-state index contributed by atoms with van der Waals surface area (Å²) in [5.41, 5.74) is 0.157. The molecule has 0 aliphatic carbocycles. The fourth-order valence-electron chi connectivity index (χ4n) is 2.69. The second kappa shape index (κ2) is 5.19. The van der Waals surface area contributed by atoms with Crippen molar-refractivity contribution < 1.29 is 19.0 Å². The molecule has 0 saturated carbocycles.